The van der Waals surface area contributed by atoms with Crippen molar-refractivity contribution in [3.05, 3.63) is 0 Å². The molecule has 1 N–H and O–H groups in total. The molecule has 2 unspecified atom stereocenters. The van der Waals surface area contributed by atoms with Crippen molar-refractivity contribution in [2.75, 3.05) is 5.88 Å². The Kier molecular flexibility index (Phi) is 7.06. The summed E-state index contributed by atoms with van der Waals surface area (Å²) in [5.41, 5.74) is 0. The van der Waals surface area contributed by atoms with E-state index in [1.807, 2.05) is 6.92 Å². The largest absolute Gasteiger partial charge is 0.354 e. The third-order valence-corrected chi connectivity index (χ3v) is 2.37. The second-order valence-corrected chi connectivity index (χ2v) is 4.03. The SMILES string of the molecule is CCC(C)CC(C)NC(=O)CCCl. The predicted octanol–water partition coefficient (Wildman–Crippen LogP) is 2.56. The highest BCUT2D eigenvalue weighted by atomic mass is 35.5. The van der Waals surface area contributed by atoms with Crippen molar-refractivity contribution in [1.82, 2.24) is 5.32 Å². The molecule has 78 valence electrons. The predicted molar refractivity (Wildman–Crippen MR) is 57.0 cm³/mol. The van der Waals surface area contributed by atoms with Crippen LogP contribution in [-0.2, 0) is 4.79 Å². The topological polar surface area (TPSA) is 29.1 Å². The highest BCUT2D eigenvalue weighted by molar-refractivity contribution is 6.18. The van der Waals surface area contributed by atoms with Crippen molar-refractivity contribution < 1.29 is 4.79 Å². The molecule has 0 aromatic heterocycles. The zero-order valence-electron chi connectivity index (χ0n) is 8.77. The molecule has 0 heterocycles. The van der Waals surface area contributed by atoms with E-state index in [-0.39, 0.29) is 11.9 Å². The minimum Gasteiger partial charge on any atom is -0.354 e. The van der Waals surface area contributed by atoms with Crippen LogP contribution in [0.1, 0.15) is 40.0 Å². The van der Waals surface area contributed by atoms with Crippen LogP contribution in [0.3, 0.4) is 0 Å². The first-order chi connectivity index (χ1) is 6.10. The summed E-state index contributed by atoms with van der Waals surface area (Å²) in [6.07, 6.45) is 2.63. The Morgan fingerprint density at radius 3 is 2.54 bits per heavy atom. The molecule has 0 aliphatic heterocycles. The Hall–Kier alpha value is -0.240. The van der Waals surface area contributed by atoms with Gasteiger partial charge in [-0.2, -0.15) is 0 Å². The summed E-state index contributed by atoms with van der Waals surface area (Å²) in [4.78, 5) is 11.1. The fourth-order valence-corrected chi connectivity index (χ4v) is 1.43. The maximum absolute atomic E-state index is 11.1. The minimum atomic E-state index is 0.0609. The van der Waals surface area contributed by atoms with E-state index in [1.54, 1.807) is 0 Å². The van der Waals surface area contributed by atoms with Crippen molar-refractivity contribution >= 4 is 17.5 Å². The minimum absolute atomic E-state index is 0.0609. The van der Waals surface area contributed by atoms with Crippen LogP contribution in [-0.4, -0.2) is 17.8 Å². The summed E-state index contributed by atoms with van der Waals surface area (Å²) >= 11 is 5.45. The second kappa shape index (κ2) is 7.19. The van der Waals surface area contributed by atoms with Crippen molar-refractivity contribution in [2.45, 2.75) is 46.1 Å². The van der Waals surface area contributed by atoms with Gasteiger partial charge < -0.3 is 5.32 Å². The lowest BCUT2D eigenvalue weighted by Crippen LogP contribution is -2.33. The number of nitrogens with one attached hydrogen (secondary N) is 1. The lowest BCUT2D eigenvalue weighted by molar-refractivity contribution is -0.121. The Balaban J connectivity index is 3.60. The fourth-order valence-electron chi connectivity index (χ4n) is 1.26. The van der Waals surface area contributed by atoms with Gasteiger partial charge in [-0.25, -0.2) is 0 Å². The fraction of sp³-hybridized carbons (Fsp3) is 0.900. The molecule has 0 saturated carbocycles. The molecule has 0 saturated heterocycles. The van der Waals surface area contributed by atoms with Crippen LogP contribution in [0.4, 0.5) is 0 Å². The van der Waals surface area contributed by atoms with Crippen molar-refractivity contribution in [3.63, 3.8) is 0 Å². The van der Waals surface area contributed by atoms with E-state index in [0.717, 1.165) is 12.8 Å². The van der Waals surface area contributed by atoms with Crippen LogP contribution in [0.2, 0.25) is 0 Å². The van der Waals surface area contributed by atoms with Crippen molar-refractivity contribution in [2.24, 2.45) is 5.92 Å². The number of halogens is 1. The van der Waals surface area contributed by atoms with E-state index >= 15 is 0 Å². The van der Waals surface area contributed by atoms with Gasteiger partial charge in [0, 0.05) is 18.3 Å². The highest BCUT2D eigenvalue weighted by Gasteiger charge is 2.09. The molecule has 0 rings (SSSR count). The maximum atomic E-state index is 11.1. The normalized spacial score (nSPS) is 15.1. The number of carbonyl (C=O) groups excluding carboxylic acids is 1. The maximum Gasteiger partial charge on any atom is 0.221 e. The summed E-state index contributed by atoms with van der Waals surface area (Å²) in [7, 11) is 0. The van der Waals surface area contributed by atoms with Gasteiger partial charge in [-0.3, -0.25) is 4.79 Å². The Morgan fingerprint density at radius 2 is 2.08 bits per heavy atom. The summed E-state index contributed by atoms with van der Waals surface area (Å²) in [6, 6.07) is 0.269. The Bertz CT molecular complexity index is 150. The molecule has 0 bridgehead atoms. The van der Waals surface area contributed by atoms with Crippen LogP contribution < -0.4 is 5.32 Å². The van der Waals surface area contributed by atoms with E-state index in [0.29, 0.717) is 18.2 Å². The molecule has 2 nitrogen and oxygen atoms in total. The van der Waals surface area contributed by atoms with Crippen LogP contribution >= 0.6 is 11.6 Å². The molecular weight excluding hydrogens is 186 g/mol. The van der Waals surface area contributed by atoms with Gasteiger partial charge >= 0.3 is 0 Å². The van der Waals surface area contributed by atoms with Gasteiger partial charge in [-0.1, -0.05) is 20.3 Å². The van der Waals surface area contributed by atoms with E-state index in [9.17, 15) is 4.79 Å². The summed E-state index contributed by atoms with van der Waals surface area (Å²) in [6.45, 7) is 6.40. The van der Waals surface area contributed by atoms with Gasteiger partial charge in [0.15, 0.2) is 0 Å². The van der Waals surface area contributed by atoms with Gasteiger partial charge in [-0.05, 0) is 19.3 Å². The van der Waals surface area contributed by atoms with E-state index < -0.39 is 0 Å². The quantitative estimate of drug-likeness (QED) is 0.664. The highest BCUT2D eigenvalue weighted by Crippen LogP contribution is 2.09. The number of rotatable bonds is 6. The molecule has 0 spiro atoms. The standard InChI is InChI=1S/C10H20ClNO/c1-4-8(2)7-9(3)12-10(13)5-6-11/h8-9H,4-7H2,1-3H3,(H,12,13). The van der Waals surface area contributed by atoms with Gasteiger partial charge in [0.25, 0.3) is 0 Å². The van der Waals surface area contributed by atoms with Gasteiger partial charge in [0.05, 0.1) is 0 Å². The lowest BCUT2D eigenvalue weighted by Gasteiger charge is -2.17. The number of amides is 1. The lowest BCUT2D eigenvalue weighted by atomic mass is 10.0. The first-order valence-corrected chi connectivity index (χ1v) is 5.48. The molecule has 0 aromatic carbocycles. The third kappa shape index (κ3) is 6.88. The zero-order valence-corrected chi connectivity index (χ0v) is 9.53. The number of carbonyl (C=O) groups is 1. The number of alkyl halides is 1. The molecule has 0 fully saturated rings. The summed E-state index contributed by atoms with van der Waals surface area (Å²) in [5, 5.41) is 2.92. The average Bonchev–Trinajstić information content (AvgIpc) is 2.04. The molecular formula is C10H20ClNO. The van der Waals surface area contributed by atoms with E-state index in [1.165, 1.54) is 0 Å². The first-order valence-electron chi connectivity index (χ1n) is 4.95. The molecule has 0 radical (unpaired) electrons. The monoisotopic (exact) mass is 205 g/mol. The average molecular weight is 206 g/mol. The van der Waals surface area contributed by atoms with E-state index in [4.69, 9.17) is 11.6 Å². The van der Waals surface area contributed by atoms with Crippen LogP contribution in [0.25, 0.3) is 0 Å². The molecule has 0 aliphatic rings. The van der Waals surface area contributed by atoms with Crippen LogP contribution in [0.5, 0.6) is 0 Å². The number of hydrogen-bond donors (Lipinski definition) is 1. The van der Waals surface area contributed by atoms with E-state index in [2.05, 4.69) is 19.2 Å². The van der Waals surface area contributed by atoms with Crippen molar-refractivity contribution in [3.8, 4) is 0 Å². The molecule has 0 aliphatic carbocycles. The molecule has 2 atom stereocenters. The Labute approximate surface area is 86.0 Å². The van der Waals surface area contributed by atoms with Crippen LogP contribution in [0, 0.1) is 5.92 Å². The molecule has 0 aromatic rings. The van der Waals surface area contributed by atoms with Gasteiger partial charge in [-0.15, -0.1) is 11.6 Å². The molecule has 1 amide bonds. The summed E-state index contributed by atoms with van der Waals surface area (Å²) < 4.78 is 0. The van der Waals surface area contributed by atoms with Gasteiger partial charge in [0.2, 0.25) is 5.91 Å². The van der Waals surface area contributed by atoms with Crippen LogP contribution in [0.15, 0.2) is 0 Å². The molecule has 3 heteroatoms. The second-order valence-electron chi connectivity index (χ2n) is 3.66. The summed E-state index contributed by atoms with van der Waals surface area (Å²) in [5.74, 6) is 1.14. The Morgan fingerprint density at radius 1 is 1.46 bits per heavy atom. The molecule has 13 heavy (non-hydrogen) atoms. The smallest absolute Gasteiger partial charge is 0.221 e. The van der Waals surface area contributed by atoms with Crippen molar-refractivity contribution in [1.29, 1.82) is 0 Å². The third-order valence-electron chi connectivity index (χ3n) is 2.18. The van der Waals surface area contributed by atoms with Gasteiger partial charge in [0.1, 0.15) is 0 Å². The zero-order chi connectivity index (χ0) is 10.3. The first kappa shape index (κ1) is 12.8. The number of hydrogen-bond acceptors (Lipinski definition) is 1.